The Morgan fingerprint density at radius 2 is 1.76 bits per heavy atom. The average Bonchev–Trinajstić information content (AvgIpc) is 3.31. The van der Waals surface area contributed by atoms with Gasteiger partial charge in [0, 0.05) is 22.9 Å². The summed E-state index contributed by atoms with van der Waals surface area (Å²) in [7, 11) is 0. The van der Waals surface area contributed by atoms with Gasteiger partial charge in [-0.25, -0.2) is 0 Å². The molecule has 0 saturated carbocycles. The molecule has 2 aromatic carbocycles. The molecule has 3 aliphatic rings. The Bertz CT molecular complexity index is 973. The van der Waals surface area contributed by atoms with Crippen molar-refractivity contribution in [2.24, 2.45) is 0 Å². The molecule has 1 unspecified atom stereocenters. The van der Waals surface area contributed by atoms with Gasteiger partial charge in [-0.15, -0.1) is 11.8 Å². The number of carbonyl (C=O) groups excluding carboxylic acids is 1. The van der Waals surface area contributed by atoms with Crippen molar-refractivity contribution in [3.8, 4) is 11.5 Å². The van der Waals surface area contributed by atoms with Gasteiger partial charge >= 0.3 is 0 Å². The van der Waals surface area contributed by atoms with Gasteiger partial charge in [0.2, 0.25) is 6.79 Å². The second kappa shape index (κ2) is 7.96. The molecule has 4 nitrogen and oxygen atoms in total. The lowest BCUT2D eigenvalue weighted by atomic mass is 9.94. The molecule has 0 aromatic heterocycles. The highest BCUT2D eigenvalue weighted by molar-refractivity contribution is 7.99. The Balaban J connectivity index is 1.38. The fourth-order valence-corrected chi connectivity index (χ4v) is 5.73. The predicted octanol–water partition coefficient (Wildman–Crippen LogP) is 5.54. The molecule has 2 aromatic rings. The minimum Gasteiger partial charge on any atom is -0.454 e. The van der Waals surface area contributed by atoms with Crippen LogP contribution in [0.1, 0.15) is 36.8 Å². The summed E-state index contributed by atoms with van der Waals surface area (Å²) < 4.78 is 10.9. The van der Waals surface area contributed by atoms with Crippen molar-refractivity contribution in [2.45, 2.75) is 43.4 Å². The number of benzene rings is 2. The van der Waals surface area contributed by atoms with E-state index in [0.717, 1.165) is 52.7 Å². The Hall–Kier alpha value is -2.11. The molecule has 1 aliphatic carbocycles. The van der Waals surface area contributed by atoms with Gasteiger partial charge in [-0.2, -0.15) is 0 Å². The van der Waals surface area contributed by atoms with Crippen molar-refractivity contribution in [3.63, 3.8) is 0 Å². The molecule has 0 fully saturated rings. The van der Waals surface area contributed by atoms with Crippen molar-refractivity contribution in [2.75, 3.05) is 6.79 Å². The highest BCUT2D eigenvalue weighted by atomic mass is 35.5. The first kappa shape index (κ1) is 18.9. The van der Waals surface area contributed by atoms with E-state index in [1.807, 2.05) is 47.0 Å². The van der Waals surface area contributed by atoms with Crippen molar-refractivity contribution >= 4 is 29.3 Å². The topological polar surface area (TPSA) is 38.8 Å². The first-order chi connectivity index (χ1) is 14.2. The Morgan fingerprint density at radius 3 is 2.62 bits per heavy atom. The largest absolute Gasteiger partial charge is 0.454 e. The molecule has 29 heavy (non-hydrogen) atoms. The van der Waals surface area contributed by atoms with Crippen LogP contribution in [0.25, 0.3) is 0 Å². The normalized spacial score (nSPS) is 20.4. The lowest BCUT2D eigenvalue weighted by molar-refractivity contribution is -0.126. The number of rotatable bonds is 5. The number of amides is 1. The van der Waals surface area contributed by atoms with Crippen molar-refractivity contribution in [1.82, 2.24) is 4.90 Å². The van der Waals surface area contributed by atoms with Crippen LogP contribution < -0.4 is 9.47 Å². The highest BCUT2D eigenvalue weighted by Gasteiger charge is 2.39. The fourth-order valence-electron chi connectivity index (χ4n) is 4.25. The minimum atomic E-state index is 0.0962. The number of thioether (sulfide) groups is 1. The molecule has 0 bridgehead atoms. The number of fused-ring (bicyclic) bond motifs is 1. The van der Waals surface area contributed by atoms with E-state index < -0.39 is 0 Å². The Labute approximate surface area is 179 Å². The summed E-state index contributed by atoms with van der Waals surface area (Å²) in [5.74, 6) is 2.58. The third-order valence-electron chi connectivity index (χ3n) is 5.72. The van der Waals surface area contributed by atoms with Gasteiger partial charge in [0.25, 0.3) is 5.91 Å². The van der Waals surface area contributed by atoms with E-state index in [2.05, 4.69) is 12.1 Å². The summed E-state index contributed by atoms with van der Waals surface area (Å²) in [6.07, 6.45) is 4.21. The van der Waals surface area contributed by atoms with Gasteiger partial charge in [-0.1, -0.05) is 29.8 Å². The number of halogens is 1. The summed E-state index contributed by atoms with van der Waals surface area (Å²) >= 11 is 7.85. The summed E-state index contributed by atoms with van der Waals surface area (Å²) in [4.78, 5) is 15.3. The maximum Gasteiger partial charge on any atom is 0.251 e. The first-order valence-corrected chi connectivity index (χ1v) is 11.4. The van der Waals surface area contributed by atoms with Crippen LogP contribution in [0.15, 0.2) is 53.6 Å². The van der Waals surface area contributed by atoms with E-state index in [4.69, 9.17) is 21.1 Å². The van der Waals surface area contributed by atoms with Crippen molar-refractivity contribution in [3.05, 3.63) is 69.8 Å². The van der Waals surface area contributed by atoms with E-state index in [-0.39, 0.29) is 18.1 Å². The van der Waals surface area contributed by atoms with Gasteiger partial charge in [0.15, 0.2) is 11.5 Å². The molecular formula is C23H22ClNO3S. The quantitative estimate of drug-likeness (QED) is 0.627. The maximum absolute atomic E-state index is 13.2. The number of hydrogen-bond donors (Lipinski definition) is 0. The molecule has 0 spiro atoms. The average molecular weight is 428 g/mol. The van der Waals surface area contributed by atoms with Crippen LogP contribution in [-0.4, -0.2) is 23.0 Å². The lowest BCUT2D eigenvalue weighted by Crippen LogP contribution is -2.33. The summed E-state index contributed by atoms with van der Waals surface area (Å²) in [6, 6.07) is 13.9. The van der Waals surface area contributed by atoms with E-state index in [0.29, 0.717) is 6.54 Å². The first-order valence-electron chi connectivity index (χ1n) is 9.96. The molecule has 0 radical (unpaired) electrons. The van der Waals surface area contributed by atoms with Crippen molar-refractivity contribution in [1.29, 1.82) is 0 Å². The minimum absolute atomic E-state index is 0.0962. The van der Waals surface area contributed by atoms with Crippen LogP contribution >= 0.6 is 23.4 Å². The second-order valence-corrected chi connectivity index (χ2v) is 9.13. The smallest absolute Gasteiger partial charge is 0.251 e. The number of nitrogens with zero attached hydrogens (tertiary/aromatic N) is 1. The SMILES string of the molecule is O=C1C2=C(CCCC2)C(SCc2ccc(Cl)cc2)N1Cc1ccc2c(c1)OCO2. The van der Waals surface area contributed by atoms with Gasteiger partial charge in [-0.3, -0.25) is 4.79 Å². The zero-order valence-corrected chi connectivity index (χ0v) is 17.6. The number of ether oxygens (including phenoxy) is 2. The number of carbonyl (C=O) groups is 1. The molecule has 150 valence electrons. The molecule has 5 rings (SSSR count). The van der Waals surface area contributed by atoms with Crippen LogP contribution in [0, 0.1) is 0 Å². The molecule has 2 aliphatic heterocycles. The van der Waals surface area contributed by atoms with Crippen LogP contribution in [0.3, 0.4) is 0 Å². The maximum atomic E-state index is 13.2. The van der Waals surface area contributed by atoms with E-state index in [1.54, 1.807) is 0 Å². The third-order valence-corrected chi connectivity index (χ3v) is 7.33. The number of hydrogen-bond acceptors (Lipinski definition) is 4. The second-order valence-electron chi connectivity index (χ2n) is 7.62. The summed E-state index contributed by atoms with van der Waals surface area (Å²) in [5.41, 5.74) is 4.67. The van der Waals surface area contributed by atoms with Gasteiger partial charge in [0.05, 0.1) is 0 Å². The van der Waals surface area contributed by atoms with Gasteiger partial charge < -0.3 is 14.4 Å². The fraction of sp³-hybridized carbons (Fsp3) is 0.348. The van der Waals surface area contributed by atoms with E-state index in [1.165, 1.54) is 17.6 Å². The molecule has 1 atom stereocenters. The Kier molecular flexibility index (Phi) is 5.18. The monoisotopic (exact) mass is 427 g/mol. The van der Waals surface area contributed by atoms with Gasteiger partial charge in [-0.05, 0) is 66.6 Å². The summed E-state index contributed by atoms with van der Waals surface area (Å²) in [6.45, 7) is 0.845. The van der Waals surface area contributed by atoms with Gasteiger partial charge in [0.1, 0.15) is 5.37 Å². The van der Waals surface area contributed by atoms with Crippen LogP contribution in [-0.2, 0) is 17.1 Å². The lowest BCUT2D eigenvalue weighted by Gasteiger charge is -2.27. The van der Waals surface area contributed by atoms with Crippen LogP contribution in [0.5, 0.6) is 11.5 Å². The zero-order chi connectivity index (χ0) is 19.8. The molecule has 1 amide bonds. The van der Waals surface area contributed by atoms with Crippen LogP contribution in [0.4, 0.5) is 0 Å². The molecule has 0 N–H and O–H groups in total. The predicted molar refractivity (Wildman–Crippen MR) is 115 cm³/mol. The standard InChI is InChI=1S/C23H22ClNO3S/c24-17-8-5-15(6-9-17)13-29-23-19-4-2-1-3-18(19)22(26)25(23)12-16-7-10-20-21(11-16)28-14-27-20/h5-11,23H,1-4,12-14H2. The van der Waals surface area contributed by atoms with Crippen LogP contribution in [0.2, 0.25) is 5.02 Å². The molecular weight excluding hydrogens is 406 g/mol. The molecule has 2 heterocycles. The zero-order valence-electron chi connectivity index (χ0n) is 16.0. The molecule has 6 heteroatoms. The highest BCUT2D eigenvalue weighted by Crippen LogP contribution is 2.43. The van der Waals surface area contributed by atoms with E-state index >= 15 is 0 Å². The van der Waals surface area contributed by atoms with Crippen molar-refractivity contribution < 1.29 is 14.3 Å². The third kappa shape index (κ3) is 3.74. The van der Waals surface area contributed by atoms with E-state index in [9.17, 15) is 4.79 Å². The summed E-state index contributed by atoms with van der Waals surface area (Å²) in [5, 5.41) is 0.843. The Morgan fingerprint density at radius 1 is 1.00 bits per heavy atom. The molecule has 0 saturated heterocycles.